The first kappa shape index (κ1) is 44.3. The van der Waals surface area contributed by atoms with Gasteiger partial charge in [-0.25, -0.2) is 4.79 Å². The number of carbonyl (C=O) groups is 5. The number of benzene rings is 5. The van der Waals surface area contributed by atoms with Crippen molar-refractivity contribution < 1.29 is 28.7 Å². The Hall–Kier alpha value is -6.81. The molecule has 310 valence electrons. The number of rotatable bonds is 20. The van der Waals surface area contributed by atoms with Gasteiger partial charge in [-0.15, -0.1) is 0 Å². The second-order valence-corrected chi connectivity index (χ2v) is 14.9. The fourth-order valence-electron chi connectivity index (χ4n) is 7.09. The summed E-state index contributed by atoms with van der Waals surface area (Å²) in [5.41, 5.74) is 2.73. The molecule has 4 N–H and O–H groups in total. The van der Waals surface area contributed by atoms with Crippen LogP contribution >= 0.6 is 0 Å². The van der Waals surface area contributed by atoms with Crippen LogP contribution in [0.25, 0.3) is 0 Å². The minimum atomic E-state index is -1.07. The third-order valence-electron chi connectivity index (χ3n) is 9.99. The minimum Gasteiger partial charge on any atom is -0.463 e. The third kappa shape index (κ3) is 12.6. The van der Waals surface area contributed by atoms with E-state index in [0.717, 1.165) is 22.3 Å². The van der Waals surface area contributed by atoms with Gasteiger partial charge in [-0.2, -0.15) is 0 Å². The SMILES string of the molecule is CCOC(=O)/C=C/[C@H](CCC(=O)NC(c1ccccc1)(c1ccccc1)c1ccccc1)NC(=O)[C@H](Cc1ccccc1)NC(=O)[C@H](CC(C)C)NC(=O)c1ccccc1. The summed E-state index contributed by atoms with van der Waals surface area (Å²) in [7, 11) is 0. The maximum atomic E-state index is 14.3. The van der Waals surface area contributed by atoms with Gasteiger partial charge in [0.2, 0.25) is 17.7 Å². The summed E-state index contributed by atoms with van der Waals surface area (Å²) in [5.74, 6) is -2.30. The lowest BCUT2D eigenvalue weighted by molar-refractivity contribution is -0.137. The number of ether oxygens (including phenoxy) is 1. The molecule has 0 bridgehead atoms. The molecule has 10 nitrogen and oxygen atoms in total. The highest BCUT2D eigenvalue weighted by atomic mass is 16.5. The summed E-state index contributed by atoms with van der Waals surface area (Å²) < 4.78 is 5.13. The van der Waals surface area contributed by atoms with Crippen molar-refractivity contribution in [3.63, 3.8) is 0 Å². The second kappa shape index (κ2) is 22.4. The molecular formula is C50H54N4O6. The Kier molecular flexibility index (Phi) is 16.5. The Morgan fingerprint density at radius 2 is 1.10 bits per heavy atom. The lowest BCUT2D eigenvalue weighted by Crippen LogP contribution is -2.55. The van der Waals surface area contributed by atoms with Gasteiger partial charge in [0.15, 0.2) is 0 Å². The van der Waals surface area contributed by atoms with Crippen LogP contribution < -0.4 is 21.3 Å². The molecule has 60 heavy (non-hydrogen) atoms. The van der Waals surface area contributed by atoms with Crippen molar-refractivity contribution in [2.24, 2.45) is 5.92 Å². The van der Waals surface area contributed by atoms with Gasteiger partial charge in [-0.05, 0) is 60.1 Å². The Bertz CT molecular complexity index is 2070. The summed E-state index contributed by atoms with van der Waals surface area (Å²) in [4.78, 5) is 68.2. The molecule has 0 radical (unpaired) electrons. The molecule has 0 aromatic heterocycles. The van der Waals surface area contributed by atoms with Crippen molar-refractivity contribution in [1.29, 1.82) is 0 Å². The van der Waals surface area contributed by atoms with Crippen molar-refractivity contribution in [2.75, 3.05) is 6.61 Å². The van der Waals surface area contributed by atoms with Gasteiger partial charge in [0.05, 0.1) is 6.61 Å². The van der Waals surface area contributed by atoms with Crippen LogP contribution in [0, 0.1) is 5.92 Å². The average molecular weight is 807 g/mol. The number of nitrogens with one attached hydrogen (secondary N) is 4. The van der Waals surface area contributed by atoms with E-state index in [2.05, 4.69) is 21.3 Å². The van der Waals surface area contributed by atoms with Crippen molar-refractivity contribution in [2.45, 2.75) is 70.1 Å². The van der Waals surface area contributed by atoms with Gasteiger partial charge in [0.1, 0.15) is 17.6 Å². The van der Waals surface area contributed by atoms with Gasteiger partial charge < -0.3 is 26.0 Å². The molecule has 5 aromatic rings. The summed E-state index contributed by atoms with van der Waals surface area (Å²) in [6.45, 7) is 5.75. The van der Waals surface area contributed by atoms with Crippen LogP contribution in [-0.4, -0.2) is 54.3 Å². The zero-order valence-electron chi connectivity index (χ0n) is 34.4. The number of carbonyl (C=O) groups excluding carboxylic acids is 5. The first-order valence-electron chi connectivity index (χ1n) is 20.4. The Balaban J connectivity index is 1.40. The first-order chi connectivity index (χ1) is 29.1. The van der Waals surface area contributed by atoms with Crippen LogP contribution in [0.15, 0.2) is 164 Å². The van der Waals surface area contributed by atoms with Crippen molar-refractivity contribution >= 4 is 29.6 Å². The molecule has 0 fully saturated rings. The van der Waals surface area contributed by atoms with Gasteiger partial charge in [0.25, 0.3) is 5.91 Å². The molecule has 10 heteroatoms. The van der Waals surface area contributed by atoms with E-state index in [1.165, 1.54) is 12.2 Å². The lowest BCUT2D eigenvalue weighted by Gasteiger charge is -2.37. The molecule has 0 saturated carbocycles. The molecule has 0 aliphatic rings. The van der Waals surface area contributed by atoms with E-state index in [4.69, 9.17) is 4.74 Å². The molecule has 0 unspecified atom stereocenters. The van der Waals surface area contributed by atoms with E-state index < -0.39 is 47.4 Å². The maximum absolute atomic E-state index is 14.3. The zero-order chi connectivity index (χ0) is 42.7. The topological polar surface area (TPSA) is 143 Å². The Labute approximate surface area is 352 Å². The van der Waals surface area contributed by atoms with E-state index in [9.17, 15) is 24.0 Å². The number of amides is 4. The monoisotopic (exact) mass is 806 g/mol. The highest BCUT2D eigenvalue weighted by Gasteiger charge is 2.38. The minimum absolute atomic E-state index is 0.0376. The van der Waals surface area contributed by atoms with Gasteiger partial charge in [-0.1, -0.05) is 159 Å². The molecule has 0 aliphatic carbocycles. The van der Waals surface area contributed by atoms with Crippen molar-refractivity contribution in [1.82, 2.24) is 21.3 Å². The maximum Gasteiger partial charge on any atom is 0.330 e. The molecular weight excluding hydrogens is 753 g/mol. The predicted molar refractivity (Wildman–Crippen MR) is 234 cm³/mol. The van der Waals surface area contributed by atoms with Gasteiger partial charge in [0, 0.05) is 30.5 Å². The number of esters is 1. The number of hydrogen-bond acceptors (Lipinski definition) is 6. The van der Waals surface area contributed by atoms with Gasteiger partial charge >= 0.3 is 5.97 Å². The summed E-state index contributed by atoms with van der Waals surface area (Å²) in [5, 5.41) is 12.1. The molecule has 5 aromatic carbocycles. The van der Waals surface area contributed by atoms with E-state index in [-0.39, 0.29) is 37.7 Å². The molecule has 0 heterocycles. The molecule has 0 saturated heterocycles. The summed E-state index contributed by atoms with van der Waals surface area (Å²) in [6, 6.07) is 44.3. The van der Waals surface area contributed by atoms with E-state index in [1.54, 1.807) is 37.3 Å². The summed E-state index contributed by atoms with van der Waals surface area (Å²) >= 11 is 0. The van der Waals surface area contributed by atoms with Crippen molar-refractivity contribution in [3.8, 4) is 0 Å². The molecule has 3 atom stereocenters. The molecule has 4 amide bonds. The lowest BCUT2D eigenvalue weighted by atomic mass is 9.77. The standard InChI is InChI=1S/C50H54N4O6/c1-4-60-46(56)33-31-42(30-32-45(55)54-50(39-24-14-7-15-25-39,40-26-16-8-17-27-40)41-28-18-9-19-29-41)51-48(58)44(35-37-20-10-5-11-21-37)53-49(59)43(34-36(2)3)52-47(57)38-22-12-6-13-23-38/h5-29,31,33,36,42-44H,4,30,32,34-35H2,1-3H3,(H,51,58)(H,52,57)(H,53,59)(H,54,55)/b33-31+/t42-,43-,44-/m0/s1. The number of hydrogen-bond donors (Lipinski definition) is 4. The molecule has 5 rings (SSSR count). The highest BCUT2D eigenvalue weighted by Crippen LogP contribution is 2.37. The van der Waals surface area contributed by atoms with Crippen molar-refractivity contribution in [3.05, 3.63) is 192 Å². The highest BCUT2D eigenvalue weighted by molar-refractivity contribution is 5.98. The zero-order valence-corrected chi connectivity index (χ0v) is 34.4. The average Bonchev–Trinajstić information content (AvgIpc) is 3.27. The fourth-order valence-corrected chi connectivity index (χ4v) is 7.09. The van der Waals surface area contributed by atoms with E-state index in [1.807, 2.05) is 135 Å². The van der Waals surface area contributed by atoms with Crippen LogP contribution in [0.4, 0.5) is 0 Å². The quantitative estimate of drug-likeness (QED) is 0.0378. The summed E-state index contributed by atoms with van der Waals surface area (Å²) in [6.07, 6.45) is 3.28. The third-order valence-corrected chi connectivity index (χ3v) is 9.99. The normalized spacial score (nSPS) is 12.8. The van der Waals surface area contributed by atoms with Crippen LogP contribution in [0.2, 0.25) is 0 Å². The van der Waals surface area contributed by atoms with E-state index >= 15 is 0 Å². The van der Waals surface area contributed by atoms with Gasteiger partial charge in [-0.3, -0.25) is 19.2 Å². The van der Waals surface area contributed by atoms with E-state index in [0.29, 0.717) is 12.0 Å². The Morgan fingerprint density at radius 1 is 0.617 bits per heavy atom. The molecule has 0 spiro atoms. The first-order valence-corrected chi connectivity index (χ1v) is 20.4. The fraction of sp³-hybridized carbons (Fsp3) is 0.260. The van der Waals surface area contributed by atoms with Crippen LogP contribution in [0.1, 0.15) is 72.6 Å². The van der Waals surface area contributed by atoms with Crippen LogP contribution in [0.5, 0.6) is 0 Å². The Morgan fingerprint density at radius 3 is 1.60 bits per heavy atom. The van der Waals surface area contributed by atoms with Crippen LogP contribution in [-0.2, 0) is 35.9 Å². The largest absolute Gasteiger partial charge is 0.463 e. The smallest absolute Gasteiger partial charge is 0.330 e. The second-order valence-electron chi connectivity index (χ2n) is 14.9. The molecule has 0 aliphatic heterocycles. The van der Waals surface area contributed by atoms with Crippen LogP contribution in [0.3, 0.4) is 0 Å². The predicted octanol–water partition coefficient (Wildman–Crippen LogP) is 7.05.